The second-order valence-corrected chi connectivity index (χ2v) is 7.18. The van der Waals surface area contributed by atoms with Crippen molar-refractivity contribution in [2.24, 2.45) is 0 Å². The molecule has 3 N–H and O–H groups in total. The summed E-state index contributed by atoms with van der Waals surface area (Å²) in [7, 11) is 0. The van der Waals surface area contributed by atoms with Gasteiger partial charge in [0.25, 0.3) is 0 Å². The van der Waals surface area contributed by atoms with Gasteiger partial charge in [-0.2, -0.15) is 0 Å². The third-order valence-corrected chi connectivity index (χ3v) is 4.67. The lowest BCUT2D eigenvalue weighted by molar-refractivity contribution is -0.123. The molecular formula is C20H21Cl2F2N3O2. The first-order valence-electron chi connectivity index (χ1n) is 9.04. The number of anilines is 1. The number of amides is 3. The SMILES string of the molecule is CCCC(NC(=O)Nc1ccc(F)cc1F)C(=O)NCCc1ccc(Cl)cc1Cl. The third kappa shape index (κ3) is 7.18. The minimum absolute atomic E-state index is 0.183. The van der Waals surface area contributed by atoms with E-state index in [9.17, 15) is 18.4 Å². The van der Waals surface area contributed by atoms with Crippen LogP contribution in [0.2, 0.25) is 10.0 Å². The van der Waals surface area contributed by atoms with Crippen LogP contribution in [0.3, 0.4) is 0 Å². The molecule has 2 aromatic carbocycles. The van der Waals surface area contributed by atoms with Gasteiger partial charge in [0.1, 0.15) is 17.7 Å². The predicted octanol–water partition coefficient (Wildman–Crippen LogP) is 4.92. The number of benzene rings is 2. The van der Waals surface area contributed by atoms with Crippen molar-refractivity contribution in [1.82, 2.24) is 10.6 Å². The fourth-order valence-electron chi connectivity index (χ4n) is 2.63. The van der Waals surface area contributed by atoms with E-state index in [1.807, 2.05) is 6.92 Å². The van der Waals surface area contributed by atoms with Crippen LogP contribution >= 0.6 is 23.2 Å². The number of carbonyl (C=O) groups is 2. The van der Waals surface area contributed by atoms with Crippen LogP contribution < -0.4 is 16.0 Å². The van der Waals surface area contributed by atoms with Crippen molar-refractivity contribution in [3.05, 3.63) is 63.6 Å². The molecule has 9 heteroatoms. The van der Waals surface area contributed by atoms with Crippen LogP contribution in [0.1, 0.15) is 25.3 Å². The van der Waals surface area contributed by atoms with Crippen LogP contribution in [-0.4, -0.2) is 24.5 Å². The highest BCUT2D eigenvalue weighted by Gasteiger charge is 2.20. The van der Waals surface area contributed by atoms with Crippen LogP contribution in [0, 0.1) is 11.6 Å². The Labute approximate surface area is 177 Å². The topological polar surface area (TPSA) is 70.2 Å². The second-order valence-electron chi connectivity index (χ2n) is 6.34. The van der Waals surface area contributed by atoms with E-state index in [1.165, 1.54) is 0 Å². The van der Waals surface area contributed by atoms with Gasteiger partial charge in [-0.15, -0.1) is 0 Å². The lowest BCUT2D eigenvalue weighted by Crippen LogP contribution is -2.48. The van der Waals surface area contributed by atoms with E-state index in [2.05, 4.69) is 16.0 Å². The van der Waals surface area contributed by atoms with Crippen molar-refractivity contribution in [3.8, 4) is 0 Å². The summed E-state index contributed by atoms with van der Waals surface area (Å²) in [6, 6.07) is 6.35. The number of nitrogens with one attached hydrogen (secondary N) is 3. The van der Waals surface area contributed by atoms with Gasteiger partial charge in [0.15, 0.2) is 0 Å². The first kappa shape index (κ1) is 22.9. The molecule has 0 aliphatic carbocycles. The molecule has 29 heavy (non-hydrogen) atoms. The average Bonchev–Trinajstić information content (AvgIpc) is 2.65. The first-order valence-corrected chi connectivity index (χ1v) is 9.80. The standard InChI is InChI=1S/C20H21Cl2F2N3O2/c1-2-3-18(27-20(29)26-17-7-6-14(23)11-16(17)24)19(28)25-9-8-12-4-5-13(21)10-15(12)22/h4-7,10-11,18H,2-3,8-9H2,1H3,(H,25,28)(H2,26,27,29). The van der Waals surface area contributed by atoms with Gasteiger partial charge in [0, 0.05) is 22.7 Å². The maximum atomic E-state index is 13.7. The zero-order valence-electron chi connectivity index (χ0n) is 15.7. The zero-order valence-corrected chi connectivity index (χ0v) is 17.2. The summed E-state index contributed by atoms with van der Waals surface area (Å²) in [5.74, 6) is -2.03. The van der Waals surface area contributed by atoms with Crippen LogP contribution in [0.4, 0.5) is 19.3 Å². The molecule has 0 radical (unpaired) electrons. The molecule has 0 bridgehead atoms. The average molecular weight is 444 g/mol. The Morgan fingerprint density at radius 3 is 2.52 bits per heavy atom. The van der Waals surface area contributed by atoms with E-state index >= 15 is 0 Å². The Kier molecular flexibility index (Phi) is 8.67. The lowest BCUT2D eigenvalue weighted by Gasteiger charge is -2.18. The van der Waals surface area contributed by atoms with E-state index < -0.39 is 23.7 Å². The zero-order chi connectivity index (χ0) is 21.4. The Balaban J connectivity index is 1.89. The van der Waals surface area contributed by atoms with Gasteiger partial charge in [-0.3, -0.25) is 4.79 Å². The third-order valence-electron chi connectivity index (χ3n) is 4.09. The van der Waals surface area contributed by atoms with Crippen LogP contribution in [0.5, 0.6) is 0 Å². The van der Waals surface area contributed by atoms with Crippen molar-refractivity contribution < 1.29 is 18.4 Å². The van der Waals surface area contributed by atoms with Gasteiger partial charge in [0.05, 0.1) is 5.69 Å². The molecule has 2 aromatic rings. The van der Waals surface area contributed by atoms with Crippen LogP contribution in [-0.2, 0) is 11.2 Å². The monoisotopic (exact) mass is 443 g/mol. The van der Waals surface area contributed by atoms with E-state index in [1.54, 1.807) is 18.2 Å². The molecule has 0 saturated heterocycles. The number of hydrogen-bond acceptors (Lipinski definition) is 2. The van der Waals surface area contributed by atoms with Crippen molar-refractivity contribution in [1.29, 1.82) is 0 Å². The molecular weight excluding hydrogens is 423 g/mol. The molecule has 1 atom stereocenters. The fourth-order valence-corrected chi connectivity index (χ4v) is 3.14. The number of hydrogen-bond donors (Lipinski definition) is 3. The highest BCUT2D eigenvalue weighted by Crippen LogP contribution is 2.21. The number of rotatable bonds is 8. The Hall–Kier alpha value is -2.38. The van der Waals surface area contributed by atoms with Gasteiger partial charge in [-0.05, 0) is 42.7 Å². The normalized spacial score (nSPS) is 11.6. The van der Waals surface area contributed by atoms with Crippen molar-refractivity contribution in [3.63, 3.8) is 0 Å². The summed E-state index contributed by atoms with van der Waals surface area (Å²) in [6.07, 6.45) is 1.53. The van der Waals surface area contributed by atoms with E-state index in [0.717, 1.165) is 17.7 Å². The molecule has 0 fully saturated rings. The van der Waals surface area contributed by atoms with Gasteiger partial charge in [-0.25, -0.2) is 13.6 Å². The van der Waals surface area contributed by atoms with Gasteiger partial charge in [0.2, 0.25) is 5.91 Å². The highest BCUT2D eigenvalue weighted by atomic mass is 35.5. The number of halogens is 4. The summed E-state index contributed by atoms with van der Waals surface area (Å²) in [5, 5.41) is 8.57. The summed E-state index contributed by atoms with van der Waals surface area (Å²) in [4.78, 5) is 24.5. The molecule has 0 aliphatic heterocycles. The van der Waals surface area contributed by atoms with Gasteiger partial charge < -0.3 is 16.0 Å². The van der Waals surface area contributed by atoms with Gasteiger partial charge >= 0.3 is 6.03 Å². The van der Waals surface area contributed by atoms with Crippen molar-refractivity contribution in [2.45, 2.75) is 32.2 Å². The Bertz CT molecular complexity index is 881. The quantitative estimate of drug-likeness (QED) is 0.541. The fraction of sp³-hybridized carbons (Fsp3) is 0.300. The molecule has 2 rings (SSSR count). The molecule has 0 spiro atoms. The largest absolute Gasteiger partial charge is 0.354 e. The highest BCUT2D eigenvalue weighted by molar-refractivity contribution is 6.35. The summed E-state index contributed by atoms with van der Waals surface area (Å²) < 4.78 is 26.6. The smallest absolute Gasteiger partial charge is 0.319 e. The maximum Gasteiger partial charge on any atom is 0.319 e. The Morgan fingerprint density at radius 2 is 1.86 bits per heavy atom. The van der Waals surface area contributed by atoms with Crippen molar-refractivity contribution in [2.75, 3.05) is 11.9 Å². The number of carbonyl (C=O) groups excluding carboxylic acids is 2. The molecule has 1 unspecified atom stereocenters. The Morgan fingerprint density at radius 1 is 1.10 bits per heavy atom. The molecule has 0 aromatic heterocycles. The minimum atomic E-state index is -0.906. The van der Waals surface area contributed by atoms with Crippen molar-refractivity contribution >= 4 is 40.8 Å². The molecule has 0 heterocycles. The predicted molar refractivity (Wildman–Crippen MR) is 110 cm³/mol. The molecule has 0 saturated carbocycles. The first-order chi connectivity index (χ1) is 13.8. The van der Waals surface area contributed by atoms with Gasteiger partial charge in [-0.1, -0.05) is 42.6 Å². The maximum absolute atomic E-state index is 13.7. The second kappa shape index (κ2) is 11.0. The van der Waals surface area contributed by atoms with Crippen LogP contribution in [0.15, 0.2) is 36.4 Å². The summed E-state index contributed by atoms with van der Waals surface area (Å²) in [6.45, 7) is 2.18. The lowest BCUT2D eigenvalue weighted by atomic mass is 10.1. The number of urea groups is 1. The molecule has 156 valence electrons. The summed E-state index contributed by atoms with van der Waals surface area (Å²) >= 11 is 12.0. The van der Waals surface area contributed by atoms with E-state index in [0.29, 0.717) is 41.9 Å². The van der Waals surface area contributed by atoms with Crippen LogP contribution in [0.25, 0.3) is 0 Å². The summed E-state index contributed by atoms with van der Waals surface area (Å²) in [5.41, 5.74) is 0.651. The molecule has 3 amide bonds. The minimum Gasteiger partial charge on any atom is -0.354 e. The molecule has 0 aliphatic rings. The van der Waals surface area contributed by atoms with E-state index in [4.69, 9.17) is 23.2 Å². The van der Waals surface area contributed by atoms with E-state index in [-0.39, 0.29) is 11.6 Å². The molecule has 5 nitrogen and oxygen atoms in total.